The normalized spacial score (nSPS) is 10.8. The van der Waals surface area contributed by atoms with Gasteiger partial charge in [0, 0.05) is 26.2 Å². The van der Waals surface area contributed by atoms with Crippen molar-refractivity contribution in [3.8, 4) is 5.75 Å². The summed E-state index contributed by atoms with van der Waals surface area (Å²) >= 11 is 0. The van der Waals surface area contributed by atoms with Crippen LogP contribution in [0.5, 0.6) is 5.75 Å². The quantitative estimate of drug-likeness (QED) is 0.274. The second-order valence-corrected chi connectivity index (χ2v) is 8.12. The number of phenols is 1. The van der Waals surface area contributed by atoms with Gasteiger partial charge < -0.3 is 15.5 Å². The molecule has 0 aliphatic heterocycles. The molecule has 0 fully saturated rings. The van der Waals surface area contributed by atoms with E-state index in [1.54, 1.807) is 30.3 Å². The highest BCUT2D eigenvalue weighted by atomic mass is 16.4. The highest BCUT2D eigenvalue weighted by molar-refractivity contribution is 5.87. The molecule has 1 amide bonds. The number of nitrogens with one attached hydrogen (secondary N) is 1. The Labute approximate surface area is 194 Å². The summed E-state index contributed by atoms with van der Waals surface area (Å²) in [6.45, 7) is 2.86. The molecule has 0 aromatic heterocycles. The summed E-state index contributed by atoms with van der Waals surface area (Å²) in [4.78, 5) is 24.1. The van der Waals surface area contributed by atoms with Crippen molar-refractivity contribution in [3.05, 3.63) is 101 Å². The summed E-state index contributed by atoms with van der Waals surface area (Å²) in [5.41, 5.74) is 4.72. The summed E-state index contributed by atoms with van der Waals surface area (Å²) in [6.07, 6.45) is 3.13. The number of amides is 1. The van der Waals surface area contributed by atoms with Crippen molar-refractivity contribution < 1.29 is 19.8 Å². The Morgan fingerprint density at radius 1 is 0.879 bits per heavy atom. The molecule has 6 nitrogen and oxygen atoms in total. The van der Waals surface area contributed by atoms with Crippen molar-refractivity contribution in [2.75, 3.05) is 19.6 Å². The van der Waals surface area contributed by atoms with Gasteiger partial charge in [-0.3, -0.25) is 9.69 Å². The molecule has 33 heavy (non-hydrogen) atoms. The van der Waals surface area contributed by atoms with Crippen molar-refractivity contribution in [2.24, 2.45) is 0 Å². The van der Waals surface area contributed by atoms with Gasteiger partial charge in [-0.25, -0.2) is 4.79 Å². The highest BCUT2D eigenvalue weighted by Gasteiger charge is 2.10. The van der Waals surface area contributed by atoms with Gasteiger partial charge in [-0.2, -0.15) is 0 Å². The van der Waals surface area contributed by atoms with Gasteiger partial charge in [-0.05, 0) is 65.8 Å². The fourth-order valence-electron chi connectivity index (χ4n) is 3.88. The lowest BCUT2D eigenvalue weighted by molar-refractivity contribution is -0.109. The van der Waals surface area contributed by atoms with Crippen molar-refractivity contribution in [2.45, 2.75) is 25.8 Å². The molecule has 0 atom stereocenters. The van der Waals surface area contributed by atoms with Gasteiger partial charge in [0.15, 0.2) is 0 Å². The van der Waals surface area contributed by atoms with E-state index in [1.165, 1.54) is 11.1 Å². The molecule has 3 aromatic rings. The van der Waals surface area contributed by atoms with Crippen molar-refractivity contribution >= 4 is 12.4 Å². The van der Waals surface area contributed by atoms with E-state index >= 15 is 0 Å². The largest absolute Gasteiger partial charge is 0.508 e. The number of carboxylic acid groups (broad SMARTS) is 1. The van der Waals surface area contributed by atoms with Gasteiger partial charge in [0.2, 0.25) is 6.41 Å². The second kappa shape index (κ2) is 12.4. The number of nitrogens with zero attached hydrogens (tertiary/aromatic N) is 1. The first kappa shape index (κ1) is 24.0. The van der Waals surface area contributed by atoms with Crippen LogP contribution in [0.25, 0.3) is 0 Å². The topological polar surface area (TPSA) is 89.9 Å². The number of rotatable bonds is 13. The Balaban J connectivity index is 1.64. The first-order valence-corrected chi connectivity index (χ1v) is 11.1. The van der Waals surface area contributed by atoms with Crippen LogP contribution in [0.3, 0.4) is 0 Å². The molecule has 0 saturated heterocycles. The Morgan fingerprint density at radius 3 is 2.33 bits per heavy atom. The van der Waals surface area contributed by atoms with Crippen LogP contribution in [-0.2, 0) is 24.2 Å². The number of phenolic OH excluding ortho intramolecular Hbond substituents is 1. The van der Waals surface area contributed by atoms with Crippen molar-refractivity contribution in [1.82, 2.24) is 10.2 Å². The minimum absolute atomic E-state index is 0.273. The molecule has 3 aromatic carbocycles. The Kier molecular flexibility index (Phi) is 9.03. The zero-order valence-electron chi connectivity index (χ0n) is 18.6. The summed E-state index contributed by atoms with van der Waals surface area (Å²) < 4.78 is 0. The standard InChI is InChI=1S/C27H30N2O4/c30-20-28-12-4-13-29(19-24-8-2-9-25(17-24)27(32)33)14-11-21-5-1-6-22(15-21)16-23-7-3-10-26(31)18-23/h1-3,5-10,15,17-18,20,31H,4,11-14,16,19H2,(H,28,30)(H,32,33). The minimum Gasteiger partial charge on any atom is -0.508 e. The van der Waals surface area contributed by atoms with E-state index < -0.39 is 5.97 Å². The third kappa shape index (κ3) is 8.09. The molecule has 0 spiro atoms. The van der Waals surface area contributed by atoms with E-state index in [4.69, 9.17) is 0 Å². The average Bonchev–Trinajstić information content (AvgIpc) is 2.80. The third-order valence-corrected chi connectivity index (χ3v) is 5.49. The molecule has 6 heteroatoms. The maximum atomic E-state index is 11.3. The van der Waals surface area contributed by atoms with E-state index in [-0.39, 0.29) is 11.3 Å². The van der Waals surface area contributed by atoms with Gasteiger partial charge in [0.1, 0.15) is 5.75 Å². The molecule has 172 valence electrons. The SMILES string of the molecule is O=CNCCCN(CCc1cccc(Cc2cccc(O)c2)c1)Cc1cccc(C(=O)O)c1. The molecule has 0 saturated carbocycles. The van der Waals surface area contributed by atoms with E-state index in [2.05, 4.69) is 34.5 Å². The van der Waals surface area contributed by atoms with Crippen LogP contribution in [-0.4, -0.2) is 47.1 Å². The predicted molar refractivity (Wildman–Crippen MR) is 128 cm³/mol. The first-order valence-electron chi connectivity index (χ1n) is 11.1. The molecule has 0 aliphatic carbocycles. The average molecular weight is 447 g/mol. The smallest absolute Gasteiger partial charge is 0.335 e. The summed E-state index contributed by atoms with van der Waals surface area (Å²) in [5, 5.41) is 21.7. The number of carboxylic acids is 1. The van der Waals surface area contributed by atoms with Gasteiger partial charge in [-0.1, -0.05) is 48.5 Å². The number of carbonyl (C=O) groups is 2. The Hall–Kier alpha value is -3.64. The number of hydrogen-bond acceptors (Lipinski definition) is 4. The van der Waals surface area contributed by atoms with Crippen LogP contribution in [0.4, 0.5) is 0 Å². The van der Waals surface area contributed by atoms with Crippen molar-refractivity contribution in [1.29, 1.82) is 0 Å². The maximum Gasteiger partial charge on any atom is 0.335 e. The van der Waals surface area contributed by atoms with Gasteiger partial charge in [-0.15, -0.1) is 0 Å². The van der Waals surface area contributed by atoms with Crippen LogP contribution < -0.4 is 5.32 Å². The molecule has 0 radical (unpaired) electrons. The molecular formula is C27H30N2O4. The molecular weight excluding hydrogens is 416 g/mol. The fourth-order valence-corrected chi connectivity index (χ4v) is 3.88. The van der Waals surface area contributed by atoms with Gasteiger partial charge >= 0.3 is 5.97 Å². The van der Waals surface area contributed by atoms with E-state index in [1.807, 2.05) is 18.2 Å². The monoisotopic (exact) mass is 446 g/mol. The minimum atomic E-state index is -0.929. The lowest BCUT2D eigenvalue weighted by Gasteiger charge is -2.23. The van der Waals surface area contributed by atoms with Crippen LogP contribution in [0, 0.1) is 0 Å². The third-order valence-electron chi connectivity index (χ3n) is 5.49. The molecule has 0 unspecified atom stereocenters. The molecule has 0 bridgehead atoms. The number of hydrogen-bond donors (Lipinski definition) is 3. The molecule has 3 N–H and O–H groups in total. The molecule has 0 heterocycles. The highest BCUT2D eigenvalue weighted by Crippen LogP contribution is 2.17. The van der Waals surface area contributed by atoms with E-state index in [0.717, 1.165) is 43.5 Å². The van der Waals surface area contributed by atoms with Gasteiger partial charge in [0.25, 0.3) is 0 Å². The number of carbonyl (C=O) groups excluding carboxylic acids is 1. The zero-order valence-corrected chi connectivity index (χ0v) is 18.6. The van der Waals surface area contributed by atoms with Crippen LogP contribution in [0.15, 0.2) is 72.8 Å². The van der Waals surface area contributed by atoms with Crippen LogP contribution >= 0.6 is 0 Å². The van der Waals surface area contributed by atoms with E-state index in [0.29, 0.717) is 19.5 Å². The Morgan fingerprint density at radius 2 is 1.58 bits per heavy atom. The predicted octanol–water partition coefficient (Wildman–Crippen LogP) is 3.86. The number of aromatic hydroxyl groups is 1. The second-order valence-electron chi connectivity index (χ2n) is 8.12. The molecule has 0 aliphatic rings. The van der Waals surface area contributed by atoms with Gasteiger partial charge in [0.05, 0.1) is 5.56 Å². The lowest BCUT2D eigenvalue weighted by atomic mass is 10.0. The fraction of sp³-hybridized carbons (Fsp3) is 0.259. The van der Waals surface area contributed by atoms with Crippen molar-refractivity contribution in [3.63, 3.8) is 0 Å². The van der Waals surface area contributed by atoms with Crippen LogP contribution in [0.1, 0.15) is 39.0 Å². The summed E-state index contributed by atoms with van der Waals surface area (Å²) in [5.74, 6) is -0.655. The summed E-state index contributed by atoms with van der Waals surface area (Å²) in [7, 11) is 0. The maximum absolute atomic E-state index is 11.3. The number of benzene rings is 3. The molecule has 3 rings (SSSR count). The van der Waals surface area contributed by atoms with Crippen LogP contribution in [0.2, 0.25) is 0 Å². The summed E-state index contributed by atoms with van der Waals surface area (Å²) in [6, 6.07) is 22.8. The Bertz CT molecular complexity index is 1070. The van der Waals surface area contributed by atoms with E-state index in [9.17, 15) is 19.8 Å². The zero-order chi connectivity index (χ0) is 23.5. The number of aromatic carboxylic acids is 1. The lowest BCUT2D eigenvalue weighted by Crippen LogP contribution is -2.29. The first-order chi connectivity index (χ1) is 16.0.